The molecule has 3 rings (SSSR count). The molecule has 1 atom stereocenters. The molecule has 0 spiro atoms. The van der Waals surface area contributed by atoms with Gasteiger partial charge in [-0.2, -0.15) is 13.2 Å². The van der Waals surface area contributed by atoms with E-state index in [4.69, 9.17) is 11.6 Å². The van der Waals surface area contributed by atoms with Crippen LogP contribution in [-0.2, 0) is 13.2 Å². The van der Waals surface area contributed by atoms with E-state index in [1.807, 2.05) is 0 Å². The van der Waals surface area contributed by atoms with Crippen LogP contribution in [0.5, 0.6) is 0 Å². The van der Waals surface area contributed by atoms with E-state index >= 15 is 0 Å². The van der Waals surface area contributed by atoms with Crippen LogP contribution in [0.4, 0.5) is 30.2 Å². The topological polar surface area (TPSA) is 55.1 Å². The number of fused-ring (bicyclic) bond motifs is 1. The predicted molar refractivity (Wildman–Crippen MR) is 124 cm³/mol. The van der Waals surface area contributed by atoms with E-state index in [1.165, 1.54) is 28.8 Å². The zero-order valence-electron chi connectivity index (χ0n) is 15.3. The van der Waals surface area contributed by atoms with Gasteiger partial charge in [-0.1, -0.05) is 23.5 Å². The number of nitrogens with zero attached hydrogens (tertiary/aromatic N) is 4. The number of pyridine rings is 1. The third kappa shape index (κ3) is 4.33. The lowest BCUT2D eigenvalue weighted by Crippen LogP contribution is -2.15. The first-order valence-electron chi connectivity index (χ1n) is 7.99. The van der Waals surface area contributed by atoms with Gasteiger partial charge in [0.1, 0.15) is 10.5 Å². The van der Waals surface area contributed by atoms with Crippen LogP contribution in [0.15, 0.2) is 29.1 Å². The number of halogens is 5. The average Bonchev–Trinajstić information content (AvgIpc) is 2.90. The molecule has 0 aliphatic rings. The number of anilines is 3. The number of aromatic nitrogens is 3. The fraction of sp³-hybridized carbons (Fsp3) is 0.250. The molecule has 0 fully saturated rings. The van der Waals surface area contributed by atoms with Gasteiger partial charge in [-0.3, -0.25) is 4.79 Å². The molecule has 0 aliphatic heterocycles. The van der Waals surface area contributed by atoms with Crippen molar-refractivity contribution in [2.75, 3.05) is 22.9 Å². The fourth-order valence-electron chi connectivity index (χ4n) is 2.77. The van der Waals surface area contributed by atoms with Crippen LogP contribution in [0, 0.1) is 0 Å². The minimum Gasteiger partial charge on any atom is -0.353 e. The van der Waals surface area contributed by atoms with Crippen LogP contribution >= 0.6 is 52.0 Å². The summed E-state index contributed by atoms with van der Waals surface area (Å²) in [6.45, 7) is 0. The van der Waals surface area contributed by atoms with Gasteiger partial charge in [-0.15, -0.1) is 0 Å². The first-order chi connectivity index (χ1) is 13.6. The molecular formula is C16H15ClF3IN5OPS. The third-order valence-electron chi connectivity index (χ3n) is 4.27. The van der Waals surface area contributed by atoms with Crippen LogP contribution in [0.1, 0.15) is 5.56 Å². The van der Waals surface area contributed by atoms with Crippen molar-refractivity contribution in [2.24, 2.45) is 7.05 Å². The highest BCUT2D eigenvalue weighted by Crippen LogP contribution is 2.39. The molecule has 3 aromatic rings. The van der Waals surface area contributed by atoms with Crippen molar-refractivity contribution in [1.29, 1.82) is 0 Å². The van der Waals surface area contributed by atoms with E-state index in [9.17, 15) is 18.0 Å². The maximum atomic E-state index is 13.2. The van der Waals surface area contributed by atoms with Crippen molar-refractivity contribution in [3.05, 3.63) is 45.3 Å². The van der Waals surface area contributed by atoms with Gasteiger partial charge >= 0.3 is 6.18 Å². The molecule has 0 amide bonds. The lowest BCUT2D eigenvalue weighted by molar-refractivity contribution is -0.137. The standard InChI is InChI=1S/C16H15ClF3IN5OPS/c1-24-15(27)13-10(7-12(17)23-14(13)26(24)28-21)22-9-5-4-8(16(18,19)20)6-11(9)25(2)29-3/h4-7,28H,1-3H3,(H,22,23). The highest BCUT2D eigenvalue weighted by molar-refractivity contribution is 14.2. The molecule has 0 saturated carbocycles. The molecule has 1 unspecified atom stereocenters. The Bertz CT molecular complexity index is 1140. The zero-order chi connectivity index (χ0) is 21.5. The molecule has 156 valence electrons. The molecule has 2 aromatic heterocycles. The molecule has 13 heteroatoms. The summed E-state index contributed by atoms with van der Waals surface area (Å²) in [6.07, 6.45) is -2.50. The Morgan fingerprint density at radius 1 is 1.31 bits per heavy atom. The van der Waals surface area contributed by atoms with Gasteiger partial charge in [0.15, 0.2) is 5.65 Å². The van der Waals surface area contributed by atoms with Gasteiger partial charge in [-0.05, 0) is 46.3 Å². The molecule has 0 radical (unpaired) electrons. The van der Waals surface area contributed by atoms with Gasteiger partial charge in [0.05, 0.1) is 29.0 Å². The Labute approximate surface area is 188 Å². The lowest BCUT2D eigenvalue weighted by Gasteiger charge is -2.22. The van der Waals surface area contributed by atoms with Crippen molar-refractivity contribution >= 4 is 80.1 Å². The minimum absolute atomic E-state index is 0.167. The summed E-state index contributed by atoms with van der Waals surface area (Å²) in [7, 11) is 3.28. The van der Waals surface area contributed by atoms with Gasteiger partial charge in [-0.25, -0.2) is 14.1 Å². The van der Waals surface area contributed by atoms with Gasteiger partial charge in [0.25, 0.3) is 5.56 Å². The molecule has 0 aliphatic carbocycles. The Morgan fingerprint density at radius 3 is 2.59 bits per heavy atom. The largest absolute Gasteiger partial charge is 0.416 e. The number of rotatable bonds is 5. The number of alkyl halides is 3. The van der Waals surface area contributed by atoms with Crippen LogP contribution in [0.25, 0.3) is 11.0 Å². The maximum absolute atomic E-state index is 13.2. The van der Waals surface area contributed by atoms with E-state index in [0.717, 1.165) is 12.1 Å². The van der Waals surface area contributed by atoms with Crippen LogP contribution in [0.3, 0.4) is 0 Å². The zero-order valence-corrected chi connectivity index (χ0v) is 20.0. The maximum Gasteiger partial charge on any atom is 0.416 e. The summed E-state index contributed by atoms with van der Waals surface area (Å²) < 4.78 is 44.3. The normalized spacial score (nSPS) is 12.3. The van der Waals surface area contributed by atoms with Crippen molar-refractivity contribution in [2.45, 2.75) is 6.18 Å². The number of hydrogen-bond donors (Lipinski definition) is 1. The van der Waals surface area contributed by atoms with Crippen molar-refractivity contribution in [3.63, 3.8) is 0 Å². The Balaban J connectivity index is 2.20. The average molecular weight is 576 g/mol. The summed E-state index contributed by atoms with van der Waals surface area (Å²) in [5, 5.41) is 3.57. The Hall–Kier alpha value is -1.17. The minimum atomic E-state index is -4.46. The van der Waals surface area contributed by atoms with E-state index in [-0.39, 0.29) is 17.1 Å². The van der Waals surface area contributed by atoms with Crippen molar-refractivity contribution < 1.29 is 13.2 Å². The first-order valence-corrected chi connectivity index (χ1v) is 13.6. The summed E-state index contributed by atoms with van der Waals surface area (Å²) in [5.74, 6) is 0. The van der Waals surface area contributed by atoms with Crippen LogP contribution in [0.2, 0.25) is 5.15 Å². The molecule has 1 N–H and O–H groups in total. The number of nitrogens with one attached hydrogen (secondary N) is 1. The van der Waals surface area contributed by atoms with Crippen LogP contribution in [-0.4, -0.2) is 27.4 Å². The number of hydrogen-bond acceptors (Lipinski definition) is 5. The third-order valence-corrected chi connectivity index (χ3v) is 7.25. The van der Waals surface area contributed by atoms with Crippen molar-refractivity contribution in [3.8, 4) is 0 Å². The SMILES string of the molecule is CSN(C)c1cc(C(F)(F)F)ccc1Nc1cc(Cl)nc2c1c(=O)n(C)n2PI. The summed E-state index contributed by atoms with van der Waals surface area (Å²) in [6, 6.07) is 4.89. The molecule has 0 bridgehead atoms. The molecule has 29 heavy (non-hydrogen) atoms. The van der Waals surface area contributed by atoms with E-state index < -0.39 is 11.7 Å². The van der Waals surface area contributed by atoms with Gasteiger partial charge < -0.3 is 9.62 Å². The molecule has 1 aromatic carbocycles. The second-order valence-electron chi connectivity index (χ2n) is 5.95. The first kappa shape index (κ1) is 22.5. The smallest absolute Gasteiger partial charge is 0.353 e. The van der Waals surface area contributed by atoms with Gasteiger partial charge in [0, 0.05) is 20.4 Å². The number of benzene rings is 1. The summed E-state index contributed by atoms with van der Waals surface area (Å²) in [4.78, 5) is 17.0. The molecule has 2 heterocycles. The van der Waals surface area contributed by atoms with Crippen LogP contribution < -0.4 is 15.2 Å². The van der Waals surface area contributed by atoms with E-state index in [1.54, 1.807) is 29.1 Å². The monoisotopic (exact) mass is 575 g/mol. The molecular weight excluding hydrogens is 561 g/mol. The second kappa shape index (κ2) is 8.52. The predicted octanol–water partition coefficient (Wildman–Crippen LogP) is 5.66. The van der Waals surface area contributed by atoms with Crippen molar-refractivity contribution in [1.82, 2.24) is 14.1 Å². The Morgan fingerprint density at radius 2 is 2.00 bits per heavy atom. The Kier molecular flexibility index (Phi) is 6.62. The van der Waals surface area contributed by atoms with Gasteiger partial charge in [0.2, 0.25) is 0 Å². The van der Waals surface area contributed by atoms with E-state index in [2.05, 4.69) is 32.3 Å². The molecule has 0 saturated heterocycles. The highest BCUT2D eigenvalue weighted by atomic mass is 127. The van der Waals surface area contributed by atoms with E-state index in [0.29, 0.717) is 28.1 Å². The summed E-state index contributed by atoms with van der Waals surface area (Å²) in [5.41, 5.74) is 0.481. The highest BCUT2D eigenvalue weighted by Gasteiger charge is 2.31. The fourth-order valence-corrected chi connectivity index (χ4v) is 5.41. The quantitative estimate of drug-likeness (QED) is 0.184. The lowest BCUT2D eigenvalue weighted by atomic mass is 10.1. The second-order valence-corrected chi connectivity index (χ2v) is 9.29. The summed E-state index contributed by atoms with van der Waals surface area (Å²) >= 11 is 9.55. The molecule has 6 nitrogen and oxygen atoms in total.